The first-order chi connectivity index (χ1) is 13.4. The van der Waals surface area contributed by atoms with E-state index in [0.717, 1.165) is 28.4 Å². The monoisotopic (exact) mass is 410 g/mol. The predicted molar refractivity (Wildman–Crippen MR) is 116 cm³/mol. The van der Waals surface area contributed by atoms with Gasteiger partial charge in [0.05, 0.1) is 23.3 Å². The number of benzene rings is 2. The van der Waals surface area contributed by atoms with E-state index in [1.54, 1.807) is 18.2 Å². The van der Waals surface area contributed by atoms with Crippen LogP contribution >= 0.6 is 23.2 Å². The summed E-state index contributed by atoms with van der Waals surface area (Å²) in [5.74, 6) is 0.845. The maximum absolute atomic E-state index is 9.67. The molecule has 0 aliphatic heterocycles. The summed E-state index contributed by atoms with van der Waals surface area (Å²) in [6.45, 7) is 6.68. The highest BCUT2D eigenvalue weighted by Gasteiger charge is 2.13. The molecule has 1 aromatic heterocycles. The first kappa shape index (κ1) is 20.1. The fourth-order valence-corrected chi connectivity index (χ4v) is 3.73. The van der Waals surface area contributed by atoms with Crippen molar-refractivity contribution >= 4 is 34.9 Å². The Morgan fingerprint density at radius 1 is 1.11 bits per heavy atom. The molecular formula is C23H20Cl2N2O. The number of hydrogen-bond donors (Lipinski definition) is 0. The highest BCUT2D eigenvalue weighted by Crippen LogP contribution is 2.30. The topological polar surface area (TPSA) is 38.0 Å². The highest BCUT2D eigenvalue weighted by molar-refractivity contribution is 6.36. The van der Waals surface area contributed by atoms with Gasteiger partial charge in [-0.25, -0.2) is 0 Å². The molecule has 0 amide bonds. The van der Waals surface area contributed by atoms with Crippen LogP contribution in [0.25, 0.3) is 17.3 Å². The van der Waals surface area contributed by atoms with E-state index in [0.29, 0.717) is 27.8 Å². The SMILES string of the molecule is CCOc1ccc(-n2c(C)cc(/C=C(/C#N)c3ccc(Cl)cc3Cl)c2C)cc1. The molecule has 0 saturated heterocycles. The van der Waals surface area contributed by atoms with Crippen LogP contribution in [0, 0.1) is 25.2 Å². The minimum Gasteiger partial charge on any atom is -0.494 e. The summed E-state index contributed by atoms with van der Waals surface area (Å²) >= 11 is 12.3. The predicted octanol–water partition coefficient (Wildman–Crippen LogP) is 6.86. The molecule has 0 fully saturated rings. The number of nitriles is 1. The number of rotatable bonds is 5. The third kappa shape index (κ3) is 4.09. The van der Waals surface area contributed by atoms with Gasteiger partial charge in [-0.3, -0.25) is 0 Å². The van der Waals surface area contributed by atoms with Gasteiger partial charge in [-0.05, 0) is 74.9 Å². The first-order valence-corrected chi connectivity index (χ1v) is 9.69. The maximum Gasteiger partial charge on any atom is 0.119 e. The highest BCUT2D eigenvalue weighted by atomic mass is 35.5. The standard InChI is InChI=1S/C23H20Cl2N2O/c1-4-28-21-8-6-20(7-9-21)27-15(2)11-17(16(27)3)12-18(14-26)22-10-5-19(24)13-23(22)25/h5-13H,4H2,1-3H3/b18-12-. The van der Waals surface area contributed by atoms with Gasteiger partial charge in [0.1, 0.15) is 5.75 Å². The molecule has 0 N–H and O–H groups in total. The van der Waals surface area contributed by atoms with E-state index in [4.69, 9.17) is 27.9 Å². The molecule has 3 nitrogen and oxygen atoms in total. The van der Waals surface area contributed by atoms with Gasteiger partial charge in [0, 0.05) is 27.7 Å². The third-order valence-corrected chi connectivity index (χ3v) is 5.07. The molecule has 0 bridgehead atoms. The first-order valence-electron chi connectivity index (χ1n) is 8.94. The number of nitrogens with zero attached hydrogens (tertiary/aromatic N) is 2. The number of hydrogen-bond acceptors (Lipinski definition) is 2. The molecule has 1 heterocycles. The lowest BCUT2D eigenvalue weighted by Crippen LogP contribution is -1.99. The zero-order valence-electron chi connectivity index (χ0n) is 16.0. The Morgan fingerprint density at radius 2 is 1.82 bits per heavy atom. The smallest absolute Gasteiger partial charge is 0.119 e. The minimum absolute atomic E-state index is 0.459. The van der Waals surface area contributed by atoms with Crippen molar-refractivity contribution in [2.75, 3.05) is 6.61 Å². The Balaban J connectivity index is 2.03. The summed E-state index contributed by atoms with van der Waals surface area (Å²) < 4.78 is 7.67. The van der Waals surface area contributed by atoms with E-state index in [1.165, 1.54) is 0 Å². The summed E-state index contributed by atoms with van der Waals surface area (Å²) in [4.78, 5) is 0. The van der Waals surface area contributed by atoms with Gasteiger partial charge in [0.2, 0.25) is 0 Å². The molecule has 0 spiro atoms. The van der Waals surface area contributed by atoms with Gasteiger partial charge in [0.25, 0.3) is 0 Å². The van der Waals surface area contributed by atoms with E-state index in [2.05, 4.69) is 16.7 Å². The van der Waals surface area contributed by atoms with Gasteiger partial charge >= 0.3 is 0 Å². The number of aryl methyl sites for hydroxylation is 1. The third-order valence-electron chi connectivity index (χ3n) is 4.52. The molecule has 0 saturated carbocycles. The van der Waals surface area contributed by atoms with Crippen molar-refractivity contribution < 1.29 is 4.74 Å². The molecule has 3 rings (SSSR count). The van der Waals surface area contributed by atoms with Crippen molar-refractivity contribution in [3.63, 3.8) is 0 Å². The lowest BCUT2D eigenvalue weighted by molar-refractivity contribution is 0.340. The second-order valence-electron chi connectivity index (χ2n) is 6.38. The van der Waals surface area contributed by atoms with E-state index < -0.39 is 0 Å². The molecule has 0 aliphatic carbocycles. The van der Waals surface area contributed by atoms with Crippen LogP contribution in [-0.2, 0) is 0 Å². The van der Waals surface area contributed by atoms with Gasteiger partial charge < -0.3 is 9.30 Å². The van der Waals surface area contributed by atoms with E-state index in [9.17, 15) is 5.26 Å². The fraction of sp³-hybridized carbons (Fsp3) is 0.174. The summed E-state index contributed by atoms with van der Waals surface area (Å²) in [6, 6.07) is 17.4. The lowest BCUT2D eigenvalue weighted by Gasteiger charge is -2.11. The number of allylic oxidation sites excluding steroid dienone is 1. The van der Waals surface area contributed by atoms with Gasteiger partial charge in [-0.2, -0.15) is 5.26 Å². The Labute approximate surface area is 175 Å². The van der Waals surface area contributed by atoms with Crippen LogP contribution in [0.15, 0.2) is 48.5 Å². The van der Waals surface area contributed by atoms with Gasteiger partial charge in [-0.15, -0.1) is 0 Å². The largest absolute Gasteiger partial charge is 0.494 e. The minimum atomic E-state index is 0.459. The Kier molecular flexibility index (Phi) is 6.14. The Hall–Kier alpha value is -2.67. The number of halogens is 2. The second kappa shape index (κ2) is 8.56. The van der Waals surface area contributed by atoms with E-state index in [1.807, 2.05) is 51.1 Å². The van der Waals surface area contributed by atoms with Crippen molar-refractivity contribution in [1.29, 1.82) is 5.26 Å². The van der Waals surface area contributed by atoms with Crippen molar-refractivity contribution in [2.24, 2.45) is 0 Å². The normalized spacial score (nSPS) is 11.4. The number of aromatic nitrogens is 1. The molecule has 5 heteroatoms. The van der Waals surface area contributed by atoms with E-state index in [-0.39, 0.29) is 0 Å². The summed E-state index contributed by atoms with van der Waals surface area (Å²) in [5.41, 5.74) is 5.29. The van der Waals surface area contributed by atoms with Crippen molar-refractivity contribution in [1.82, 2.24) is 4.57 Å². The van der Waals surface area contributed by atoms with Crippen LogP contribution in [0.2, 0.25) is 10.0 Å². The summed E-state index contributed by atoms with van der Waals surface area (Å²) in [5, 5.41) is 10.7. The molecule has 0 aliphatic rings. The molecule has 0 unspecified atom stereocenters. The van der Waals surface area contributed by atoms with Crippen LogP contribution in [0.5, 0.6) is 5.75 Å². The molecule has 2 aromatic carbocycles. The quantitative estimate of drug-likeness (QED) is 0.430. The molecule has 142 valence electrons. The zero-order chi connectivity index (χ0) is 20.3. The Morgan fingerprint density at radius 3 is 2.43 bits per heavy atom. The van der Waals surface area contributed by atoms with Crippen LogP contribution in [0.3, 0.4) is 0 Å². The van der Waals surface area contributed by atoms with Crippen LogP contribution in [0.1, 0.15) is 29.4 Å². The molecule has 0 atom stereocenters. The van der Waals surface area contributed by atoms with Crippen LogP contribution < -0.4 is 4.74 Å². The van der Waals surface area contributed by atoms with Crippen molar-refractivity contribution in [2.45, 2.75) is 20.8 Å². The lowest BCUT2D eigenvalue weighted by atomic mass is 10.0. The van der Waals surface area contributed by atoms with Crippen LogP contribution in [0.4, 0.5) is 0 Å². The molecule has 0 radical (unpaired) electrons. The van der Waals surface area contributed by atoms with Crippen LogP contribution in [-0.4, -0.2) is 11.2 Å². The average molecular weight is 411 g/mol. The molecule has 3 aromatic rings. The van der Waals surface area contributed by atoms with Gasteiger partial charge in [-0.1, -0.05) is 29.3 Å². The average Bonchev–Trinajstić information content (AvgIpc) is 2.94. The molecular weight excluding hydrogens is 391 g/mol. The summed E-state index contributed by atoms with van der Waals surface area (Å²) in [7, 11) is 0. The zero-order valence-corrected chi connectivity index (χ0v) is 17.5. The summed E-state index contributed by atoms with van der Waals surface area (Å²) in [6.07, 6.45) is 1.86. The van der Waals surface area contributed by atoms with E-state index >= 15 is 0 Å². The maximum atomic E-state index is 9.67. The molecule has 28 heavy (non-hydrogen) atoms. The number of ether oxygens (including phenoxy) is 1. The van der Waals surface area contributed by atoms with Crippen molar-refractivity contribution in [3.8, 4) is 17.5 Å². The van der Waals surface area contributed by atoms with Gasteiger partial charge in [0.15, 0.2) is 0 Å². The second-order valence-corrected chi connectivity index (χ2v) is 7.23. The van der Waals surface area contributed by atoms with Crippen molar-refractivity contribution in [3.05, 3.63) is 81.1 Å². The Bertz CT molecular complexity index is 1070. The fourth-order valence-electron chi connectivity index (χ4n) is 3.22.